The zero-order valence-electron chi connectivity index (χ0n) is 11.4. The maximum Gasteiger partial charge on any atom is 0.131 e. The van der Waals surface area contributed by atoms with Crippen LogP contribution in [-0.2, 0) is 9.59 Å². The first kappa shape index (κ1) is 14.4. The Labute approximate surface area is 109 Å². The van der Waals surface area contributed by atoms with E-state index < -0.39 is 0 Å². The van der Waals surface area contributed by atoms with Crippen molar-refractivity contribution in [2.45, 2.75) is 33.6 Å². The average Bonchev–Trinajstić information content (AvgIpc) is 2.30. The summed E-state index contributed by atoms with van der Waals surface area (Å²) < 4.78 is 0. The van der Waals surface area contributed by atoms with Crippen LogP contribution in [0.2, 0.25) is 0 Å². The molecule has 18 heavy (non-hydrogen) atoms. The molecule has 0 unspecified atom stereocenters. The number of Topliss-reactive ketones (excluding diaryl/α,β-unsaturated/α-hetero) is 2. The SMILES string of the molecule is CC(=O)CCN(CCC(C)=O)c1ccc(C)cc1. The van der Waals surface area contributed by atoms with E-state index in [0.717, 1.165) is 5.69 Å². The molecule has 0 aliphatic rings. The molecular formula is C15H21NO2. The molecule has 3 heteroatoms. The lowest BCUT2D eigenvalue weighted by atomic mass is 10.2. The van der Waals surface area contributed by atoms with Gasteiger partial charge in [0.15, 0.2) is 0 Å². The first-order valence-corrected chi connectivity index (χ1v) is 6.29. The molecule has 0 saturated heterocycles. The second-order valence-corrected chi connectivity index (χ2v) is 4.73. The molecule has 0 heterocycles. The predicted molar refractivity (Wildman–Crippen MR) is 74.0 cm³/mol. The Hall–Kier alpha value is -1.64. The Kier molecular flexibility index (Phi) is 5.56. The van der Waals surface area contributed by atoms with E-state index in [1.54, 1.807) is 13.8 Å². The van der Waals surface area contributed by atoms with Crippen molar-refractivity contribution in [3.05, 3.63) is 29.8 Å². The molecule has 0 fully saturated rings. The molecule has 1 aromatic carbocycles. The van der Waals surface area contributed by atoms with E-state index in [1.807, 2.05) is 31.2 Å². The summed E-state index contributed by atoms with van der Waals surface area (Å²) in [6, 6.07) is 8.17. The number of anilines is 1. The van der Waals surface area contributed by atoms with Crippen LogP contribution in [0.25, 0.3) is 0 Å². The monoisotopic (exact) mass is 247 g/mol. The van der Waals surface area contributed by atoms with Crippen molar-refractivity contribution >= 4 is 17.3 Å². The highest BCUT2D eigenvalue weighted by Gasteiger charge is 2.08. The maximum atomic E-state index is 11.1. The van der Waals surface area contributed by atoms with Crippen molar-refractivity contribution in [2.24, 2.45) is 0 Å². The number of rotatable bonds is 7. The van der Waals surface area contributed by atoms with Gasteiger partial charge in [-0.25, -0.2) is 0 Å². The van der Waals surface area contributed by atoms with Crippen molar-refractivity contribution < 1.29 is 9.59 Å². The number of carbonyl (C=O) groups excluding carboxylic acids is 2. The third kappa shape index (κ3) is 5.13. The maximum absolute atomic E-state index is 11.1. The Morgan fingerprint density at radius 3 is 1.78 bits per heavy atom. The highest BCUT2D eigenvalue weighted by molar-refractivity contribution is 5.77. The van der Waals surface area contributed by atoms with Crippen molar-refractivity contribution in [2.75, 3.05) is 18.0 Å². The largest absolute Gasteiger partial charge is 0.371 e. The van der Waals surface area contributed by atoms with Gasteiger partial charge in [0.1, 0.15) is 11.6 Å². The normalized spacial score (nSPS) is 10.2. The molecule has 0 N–H and O–H groups in total. The van der Waals surface area contributed by atoms with Gasteiger partial charge in [0.25, 0.3) is 0 Å². The van der Waals surface area contributed by atoms with Crippen molar-refractivity contribution in [1.82, 2.24) is 0 Å². The van der Waals surface area contributed by atoms with Gasteiger partial charge >= 0.3 is 0 Å². The lowest BCUT2D eigenvalue weighted by Crippen LogP contribution is -2.28. The van der Waals surface area contributed by atoms with E-state index in [-0.39, 0.29) is 11.6 Å². The minimum atomic E-state index is 0.176. The molecule has 0 aliphatic heterocycles. The average molecular weight is 247 g/mol. The summed E-state index contributed by atoms with van der Waals surface area (Å²) in [5.74, 6) is 0.352. The number of ketones is 2. The summed E-state index contributed by atoms with van der Waals surface area (Å²) in [6.07, 6.45) is 1.04. The molecule has 0 amide bonds. The standard InChI is InChI=1S/C15H21NO2/c1-12-4-6-15(7-5-12)16(10-8-13(2)17)11-9-14(3)18/h4-7H,8-11H2,1-3H3. The Bertz CT molecular complexity index is 391. The summed E-state index contributed by atoms with van der Waals surface area (Å²) >= 11 is 0. The molecule has 3 nitrogen and oxygen atoms in total. The molecule has 0 saturated carbocycles. The minimum Gasteiger partial charge on any atom is -0.371 e. The van der Waals surface area contributed by atoms with E-state index in [4.69, 9.17) is 0 Å². The summed E-state index contributed by atoms with van der Waals surface area (Å²) in [6.45, 7) is 6.58. The number of carbonyl (C=O) groups is 2. The van der Waals surface area contributed by atoms with Gasteiger partial charge < -0.3 is 4.90 Å². The van der Waals surface area contributed by atoms with Crippen molar-refractivity contribution in [1.29, 1.82) is 0 Å². The first-order valence-electron chi connectivity index (χ1n) is 6.29. The molecule has 0 aromatic heterocycles. The van der Waals surface area contributed by atoms with Gasteiger partial charge in [0, 0.05) is 31.6 Å². The predicted octanol–water partition coefficient (Wildman–Crippen LogP) is 2.76. The van der Waals surface area contributed by atoms with E-state index in [1.165, 1.54) is 5.56 Å². The van der Waals surface area contributed by atoms with E-state index >= 15 is 0 Å². The Balaban J connectivity index is 2.71. The summed E-state index contributed by atoms with van der Waals surface area (Å²) in [4.78, 5) is 24.3. The van der Waals surface area contributed by atoms with Gasteiger partial charge in [-0.15, -0.1) is 0 Å². The fourth-order valence-electron chi connectivity index (χ4n) is 1.71. The topological polar surface area (TPSA) is 37.4 Å². The van der Waals surface area contributed by atoms with Gasteiger partial charge in [-0.3, -0.25) is 9.59 Å². The molecule has 0 atom stereocenters. The molecular weight excluding hydrogens is 226 g/mol. The summed E-state index contributed by atoms with van der Waals surface area (Å²) in [5.41, 5.74) is 2.28. The fourth-order valence-corrected chi connectivity index (χ4v) is 1.71. The smallest absolute Gasteiger partial charge is 0.131 e. The third-order valence-corrected chi connectivity index (χ3v) is 2.87. The number of benzene rings is 1. The third-order valence-electron chi connectivity index (χ3n) is 2.87. The van der Waals surface area contributed by atoms with Crippen LogP contribution in [0.5, 0.6) is 0 Å². The van der Waals surface area contributed by atoms with E-state index in [2.05, 4.69) is 4.90 Å². The van der Waals surface area contributed by atoms with Crippen LogP contribution in [0.15, 0.2) is 24.3 Å². The van der Waals surface area contributed by atoms with Crippen LogP contribution in [0.1, 0.15) is 32.3 Å². The van der Waals surface area contributed by atoms with E-state index in [0.29, 0.717) is 25.9 Å². The van der Waals surface area contributed by atoms with Crippen LogP contribution in [0.3, 0.4) is 0 Å². The molecule has 0 aliphatic carbocycles. The van der Waals surface area contributed by atoms with Crippen molar-refractivity contribution in [3.8, 4) is 0 Å². The van der Waals surface area contributed by atoms with Crippen LogP contribution in [0, 0.1) is 6.92 Å². The van der Waals surface area contributed by atoms with Crippen LogP contribution < -0.4 is 4.90 Å². The highest BCUT2D eigenvalue weighted by Crippen LogP contribution is 2.16. The fraction of sp³-hybridized carbons (Fsp3) is 0.467. The van der Waals surface area contributed by atoms with Crippen LogP contribution in [0.4, 0.5) is 5.69 Å². The van der Waals surface area contributed by atoms with Gasteiger partial charge in [-0.05, 0) is 32.9 Å². The van der Waals surface area contributed by atoms with Crippen LogP contribution >= 0.6 is 0 Å². The van der Waals surface area contributed by atoms with Gasteiger partial charge in [0.2, 0.25) is 0 Å². The van der Waals surface area contributed by atoms with Gasteiger partial charge in [-0.1, -0.05) is 17.7 Å². The molecule has 98 valence electrons. The molecule has 0 bridgehead atoms. The zero-order chi connectivity index (χ0) is 13.5. The number of hydrogen-bond acceptors (Lipinski definition) is 3. The summed E-state index contributed by atoms with van der Waals surface area (Å²) in [7, 11) is 0. The lowest BCUT2D eigenvalue weighted by Gasteiger charge is -2.24. The first-order chi connectivity index (χ1) is 8.49. The number of nitrogens with zero attached hydrogens (tertiary/aromatic N) is 1. The Morgan fingerprint density at radius 1 is 0.944 bits per heavy atom. The van der Waals surface area contributed by atoms with Crippen LogP contribution in [-0.4, -0.2) is 24.7 Å². The molecule has 1 aromatic rings. The number of aryl methyl sites for hydroxylation is 1. The Morgan fingerprint density at radius 2 is 1.39 bits per heavy atom. The quantitative estimate of drug-likeness (QED) is 0.743. The second-order valence-electron chi connectivity index (χ2n) is 4.73. The van der Waals surface area contributed by atoms with E-state index in [9.17, 15) is 9.59 Å². The molecule has 0 spiro atoms. The van der Waals surface area contributed by atoms with Gasteiger partial charge in [-0.2, -0.15) is 0 Å². The number of hydrogen-bond donors (Lipinski definition) is 0. The van der Waals surface area contributed by atoms with Crippen molar-refractivity contribution in [3.63, 3.8) is 0 Å². The molecule has 1 rings (SSSR count). The second kappa shape index (κ2) is 6.94. The summed E-state index contributed by atoms with van der Waals surface area (Å²) in [5, 5.41) is 0. The molecule has 0 radical (unpaired) electrons. The lowest BCUT2D eigenvalue weighted by molar-refractivity contribution is -0.117. The van der Waals surface area contributed by atoms with Gasteiger partial charge in [0.05, 0.1) is 0 Å². The minimum absolute atomic E-state index is 0.176. The zero-order valence-corrected chi connectivity index (χ0v) is 11.4. The highest BCUT2D eigenvalue weighted by atomic mass is 16.1.